The summed E-state index contributed by atoms with van der Waals surface area (Å²) in [5.41, 5.74) is 1.04. The Morgan fingerprint density at radius 3 is 2.56 bits per heavy atom. The summed E-state index contributed by atoms with van der Waals surface area (Å²) in [6.45, 7) is 7.28. The Labute approximate surface area is 109 Å². The summed E-state index contributed by atoms with van der Waals surface area (Å²) < 4.78 is 0. The first-order valence-corrected chi connectivity index (χ1v) is 6.55. The fourth-order valence-corrected chi connectivity index (χ4v) is 2.12. The first-order chi connectivity index (χ1) is 8.60. The van der Waals surface area contributed by atoms with Crippen molar-refractivity contribution < 1.29 is 4.92 Å². The van der Waals surface area contributed by atoms with Gasteiger partial charge in [0.25, 0.3) is 5.69 Å². The van der Waals surface area contributed by atoms with Crippen molar-refractivity contribution in [2.75, 3.05) is 6.54 Å². The number of benzene rings is 1. The molecule has 0 aromatic heterocycles. The molecule has 4 heteroatoms. The van der Waals surface area contributed by atoms with Crippen molar-refractivity contribution in [1.82, 2.24) is 5.32 Å². The van der Waals surface area contributed by atoms with Crippen LogP contribution < -0.4 is 5.32 Å². The van der Waals surface area contributed by atoms with Crippen molar-refractivity contribution >= 4 is 5.69 Å². The standard InChI is InChI=1S/C14H22N2O2/c1-4-11(3)13(15-5-2)10-12-8-6-7-9-14(12)16(17)18/h6-9,11,13,15H,4-5,10H2,1-3H3. The summed E-state index contributed by atoms with van der Waals surface area (Å²) in [7, 11) is 0. The van der Waals surface area contributed by atoms with Crippen LogP contribution in [-0.2, 0) is 6.42 Å². The van der Waals surface area contributed by atoms with E-state index in [4.69, 9.17) is 0 Å². The summed E-state index contributed by atoms with van der Waals surface area (Å²) in [4.78, 5) is 10.7. The maximum atomic E-state index is 11.0. The van der Waals surface area contributed by atoms with Gasteiger partial charge in [-0.25, -0.2) is 0 Å². The molecule has 0 amide bonds. The maximum absolute atomic E-state index is 11.0. The maximum Gasteiger partial charge on any atom is 0.272 e. The van der Waals surface area contributed by atoms with Gasteiger partial charge in [-0.3, -0.25) is 10.1 Å². The minimum absolute atomic E-state index is 0.226. The van der Waals surface area contributed by atoms with Crippen LogP contribution in [0.15, 0.2) is 24.3 Å². The molecule has 1 aromatic rings. The summed E-state index contributed by atoms with van der Waals surface area (Å²) in [5, 5.41) is 14.4. The highest BCUT2D eigenvalue weighted by Gasteiger charge is 2.20. The smallest absolute Gasteiger partial charge is 0.272 e. The zero-order chi connectivity index (χ0) is 13.5. The monoisotopic (exact) mass is 250 g/mol. The number of likely N-dealkylation sites (N-methyl/N-ethyl adjacent to an activating group) is 1. The predicted molar refractivity (Wildman–Crippen MR) is 73.7 cm³/mol. The molecule has 0 aliphatic heterocycles. The van der Waals surface area contributed by atoms with Gasteiger partial charge in [0.1, 0.15) is 0 Å². The van der Waals surface area contributed by atoms with E-state index in [0.29, 0.717) is 18.4 Å². The van der Waals surface area contributed by atoms with Crippen LogP contribution in [0.3, 0.4) is 0 Å². The molecule has 0 aliphatic rings. The molecule has 0 aliphatic carbocycles. The van der Waals surface area contributed by atoms with Crippen LogP contribution in [0.5, 0.6) is 0 Å². The molecule has 18 heavy (non-hydrogen) atoms. The Bertz CT molecular complexity index is 393. The van der Waals surface area contributed by atoms with Crippen LogP contribution in [0.2, 0.25) is 0 Å². The number of nitro benzene ring substituents is 1. The van der Waals surface area contributed by atoms with Crippen molar-refractivity contribution in [1.29, 1.82) is 0 Å². The summed E-state index contributed by atoms with van der Waals surface area (Å²) >= 11 is 0. The lowest BCUT2D eigenvalue weighted by molar-refractivity contribution is -0.385. The van der Waals surface area contributed by atoms with E-state index in [2.05, 4.69) is 26.1 Å². The van der Waals surface area contributed by atoms with Gasteiger partial charge >= 0.3 is 0 Å². The lowest BCUT2D eigenvalue weighted by atomic mass is 9.92. The topological polar surface area (TPSA) is 55.2 Å². The molecule has 100 valence electrons. The number of hydrogen-bond donors (Lipinski definition) is 1. The Hall–Kier alpha value is -1.42. The van der Waals surface area contributed by atoms with Crippen molar-refractivity contribution in [3.8, 4) is 0 Å². The zero-order valence-corrected chi connectivity index (χ0v) is 11.3. The predicted octanol–water partition coefficient (Wildman–Crippen LogP) is 3.16. The molecule has 1 rings (SSSR count). The highest BCUT2D eigenvalue weighted by Crippen LogP contribution is 2.22. The van der Waals surface area contributed by atoms with Gasteiger partial charge in [0.05, 0.1) is 4.92 Å². The van der Waals surface area contributed by atoms with Gasteiger partial charge in [-0.15, -0.1) is 0 Å². The minimum atomic E-state index is -0.297. The van der Waals surface area contributed by atoms with Crippen molar-refractivity contribution in [2.24, 2.45) is 5.92 Å². The van der Waals surface area contributed by atoms with E-state index in [9.17, 15) is 10.1 Å². The zero-order valence-electron chi connectivity index (χ0n) is 11.3. The highest BCUT2D eigenvalue weighted by molar-refractivity contribution is 5.40. The Balaban J connectivity index is 2.89. The quantitative estimate of drug-likeness (QED) is 0.597. The molecule has 0 saturated heterocycles. The molecular formula is C14H22N2O2. The first kappa shape index (κ1) is 14.6. The second-order valence-corrected chi connectivity index (χ2v) is 4.64. The molecular weight excluding hydrogens is 228 g/mol. The lowest BCUT2D eigenvalue weighted by Crippen LogP contribution is -2.36. The van der Waals surface area contributed by atoms with E-state index in [0.717, 1.165) is 18.5 Å². The SMILES string of the molecule is CCNC(Cc1ccccc1[N+](=O)[O-])C(C)CC. The van der Waals surface area contributed by atoms with E-state index in [-0.39, 0.29) is 10.6 Å². The van der Waals surface area contributed by atoms with E-state index >= 15 is 0 Å². The largest absolute Gasteiger partial charge is 0.314 e. The number of para-hydroxylation sites is 1. The molecule has 2 atom stereocenters. The average Bonchev–Trinajstić information content (AvgIpc) is 2.37. The lowest BCUT2D eigenvalue weighted by Gasteiger charge is -2.23. The number of nitrogens with one attached hydrogen (secondary N) is 1. The van der Waals surface area contributed by atoms with E-state index in [1.807, 2.05) is 12.1 Å². The molecule has 0 saturated carbocycles. The van der Waals surface area contributed by atoms with Gasteiger partial charge in [-0.2, -0.15) is 0 Å². The molecule has 0 spiro atoms. The van der Waals surface area contributed by atoms with E-state index < -0.39 is 0 Å². The second kappa shape index (κ2) is 7.11. The molecule has 0 radical (unpaired) electrons. The van der Waals surface area contributed by atoms with Crippen LogP contribution in [0.1, 0.15) is 32.8 Å². The molecule has 0 bridgehead atoms. The summed E-state index contributed by atoms with van der Waals surface area (Å²) in [6, 6.07) is 7.30. The Morgan fingerprint density at radius 1 is 1.33 bits per heavy atom. The van der Waals surface area contributed by atoms with Crippen LogP contribution in [0.4, 0.5) is 5.69 Å². The van der Waals surface area contributed by atoms with E-state index in [1.54, 1.807) is 12.1 Å². The third-order valence-electron chi connectivity index (χ3n) is 3.43. The van der Waals surface area contributed by atoms with Crippen LogP contribution in [0.25, 0.3) is 0 Å². The van der Waals surface area contributed by atoms with Crippen LogP contribution in [0, 0.1) is 16.0 Å². The van der Waals surface area contributed by atoms with Gasteiger partial charge in [0.15, 0.2) is 0 Å². The first-order valence-electron chi connectivity index (χ1n) is 6.55. The third-order valence-corrected chi connectivity index (χ3v) is 3.43. The van der Waals surface area contributed by atoms with Gasteiger partial charge in [-0.1, -0.05) is 45.4 Å². The van der Waals surface area contributed by atoms with Crippen molar-refractivity contribution in [2.45, 2.75) is 39.7 Å². The highest BCUT2D eigenvalue weighted by atomic mass is 16.6. The number of rotatable bonds is 7. The van der Waals surface area contributed by atoms with Gasteiger partial charge in [0.2, 0.25) is 0 Å². The summed E-state index contributed by atoms with van der Waals surface area (Å²) in [6.07, 6.45) is 1.78. The number of hydrogen-bond acceptors (Lipinski definition) is 3. The number of nitrogens with zero attached hydrogens (tertiary/aromatic N) is 1. The fraction of sp³-hybridized carbons (Fsp3) is 0.571. The van der Waals surface area contributed by atoms with Crippen LogP contribution in [-0.4, -0.2) is 17.5 Å². The normalized spacial score (nSPS) is 14.2. The Kier molecular flexibility index (Phi) is 5.78. The minimum Gasteiger partial charge on any atom is -0.314 e. The average molecular weight is 250 g/mol. The molecule has 0 fully saturated rings. The van der Waals surface area contributed by atoms with Crippen molar-refractivity contribution in [3.05, 3.63) is 39.9 Å². The Morgan fingerprint density at radius 2 is 2.00 bits per heavy atom. The van der Waals surface area contributed by atoms with Gasteiger partial charge in [0, 0.05) is 17.7 Å². The van der Waals surface area contributed by atoms with Gasteiger partial charge in [-0.05, 0) is 18.9 Å². The molecule has 1 aromatic carbocycles. The molecule has 0 heterocycles. The fourth-order valence-electron chi connectivity index (χ4n) is 2.12. The summed E-state index contributed by atoms with van der Waals surface area (Å²) in [5.74, 6) is 0.504. The third kappa shape index (κ3) is 3.81. The molecule has 2 unspecified atom stereocenters. The van der Waals surface area contributed by atoms with Gasteiger partial charge < -0.3 is 5.32 Å². The molecule has 4 nitrogen and oxygen atoms in total. The number of nitro groups is 1. The van der Waals surface area contributed by atoms with Crippen molar-refractivity contribution in [3.63, 3.8) is 0 Å². The van der Waals surface area contributed by atoms with E-state index in [1.165, 1.54) is 0 Å². The second-order valence-electron chi connectivity index (χ2n) is 4.64. The van der Waals surface area contributed by atoms with Crippen LogP contribution >= 0.6 is 0 Å². The molecule has 1 N–H and O–H groups in total.